The summed E-state index contributed by atoms with van der Waals surface area (Å²) in [4.78, 5) is 29.7. The zero-order chi connectivity index (χ0) is 18.9. The summed E-state index contributed by atoms with van der Waals surface area (Å²) >= 11 is 1.42. The van der Waals surface area contributed by atoms with E-state index in [0.717, 1.165) is 22.0 Å². The first-order chi connectivity index (χ1) is 12.4. The third-order valence-corrected chi connectivity index (χ3v) is 4.43. The highest BCUT2D eigenvalue weighted by atomic mass is 32.1. The van der Waals surface area contributed by atoms with Gasteiger partial charge in [0.1, 0.15) is 17.4 Å². The molecule has 0 fully saturated rings. The highest BCUT2D eigenvalue weighted by Crippen LogP contribution is 2.12. The van der Waals surface area contributed by atoms with Crippen LogP contribution < -0.4 is 15.6 Å². The fourth-order valence-electron chi connectivity index (χ4n) is 2.19. The number of hydrogen-bond acceptors (Lipinski definition) is 6. The van der Waals surface area contributed by atoms with Crippen LogP contribution in [0.15, 0.2) is 29.6 Å². The topological polar surface area (TPSA) is 83.6 Å². The van der Waals surface area contributed by atoms with E-state index in [2.05, 4.69) is 15.8 Å². The Hall–Kier alpha value is -2.45. The van der Waals surface area contributed by atoms with Crippen LogP contribution in [-0.2, 0) is 16.0 Å². The van der Waals surface area contributed by atoms with E-state index >= 15 is 0 Å². The fourth-order valence-corrected chi connectivity index (χ4v) is 2.96. The second-order valence-electron chi connectivity index (χ2n) is 6.06. The molecule has 8 heteroatoms. The average molecular weight is 376 g/mol. The quantitative estimate of drug-likeness (QED) is 0.682. The summed E-state index contributed by atoms with van der Waals surface area (Å²) in [7, 11) is 1.82. The van der Waals surface area contributed by atoms with Crippen LogP contribution in [0.5, 0.6) is 5.75 Å². The SMILES string of the molecule is Cc1cccc(OCCN(C)CC(=O)NNC(=O)Cc2nc(C)cs2)c1. The van der Waals surface area contributed by atoms with Gasteiger partial charge in [0.15, 0.2) is 0 Å². The maximum atomic E-state index is 11.9. The minimum absolute atomic E-state index is 0.152. The predicted octanol–water partition coefficient (Wildman–Crippen LogP) is 1.46. The van der Waals surface area contributed by atoms with Gasteiger partial charge in [-0.1, -0.05) is 12.1 Å². The number of carbonyl (C=O) groups is 2. The molecular formula is C18H24N4O3S. The summed E-state index contributed by atoms with van der Waals surface area (Å²) in [5, 5.41) is 2.61. The van der Waals surface area contributed by atoms with Crippen LogP contribution in [-0.4, -0.2) is 48.4 Å². The summed E-state index contributed by atoms with van der Waals surface area (Å²) < 4.78 is 5.66. The summed E-state index contributed by atoms with van der Waals surface area (Å²) in [5.41, 5.74) is 6.84. The summed E-state index contributed by atoms with van der Waals surface area (Å²) in [6, 6.07) is 7.82. The first kappa shape index (κ1) is 19.9. The monoisotopic (exact) mass is 376 g/mol. The summed E-state index contributed by atoms with van der Waals surface area (Å²) in [6.07, 6.45) is 0.152. The lowest BCUT2D eigenvalue weighted by atomic mass is 10.2. The second kappa shape index (κ2) is 9.88. The van der Waals surface area contributed by atoms with E-state index in [-0.39, 0.29) is 24.8 Å². The van der Waals surface area contributed by atoms with Crippen molar-refractivity contribution in [2.45, 2.75) is 20.3 Å². The Labute approximate surface area is 157 Å². The standard InChI is InChI=1S/C18H24N4O3S/c1-13-5-4-6-15(9-13)25-8-7-22(3)11-17(24)21-20-16(23)10-18-19-14(2)12-26-18/h4-6,9,12H,7-8,10-11H2,1-3H3,(H,20,23)(H,21,24). The molecule has 2 rings (SSSR count). The van der Waals surface area contributed by atoms with Crippen molar-refractivity contribution in [2.24, 2.45) is 0 Å². The van der Waals surface area contributed by atoms with Gasteiger partial charge < -0.3 is 4.74 Å². The van der Waals surface area contributed by atoms with E-state index in [0.29, 0.717) is 13.2 Å². The maximum absolute atomic E-state index is 11.9. The molecule has 0 radical (unpaired) electrons. The lowest BCUT2D eigenvalue weighted by Gasteiger charge is -2.17. The smallest absolute Gasteiger partial charge is 0.252 e. The number of hydrazine groups is 1. The molecule has 1 aromatic carbocycles. The van der Waals surface area contributed by atoms with E-state index in [1.54, 1.807) is 0 Å². The molecule has 0 atom stereocenters. The van der Waals surface area contributed by atoms with Gasteiger partial charge in [0, 0.05) is 17.6 Å². The molecule has 0 aliphatic heterocycles. The number of rotatable bonds is 8. The van der Waals surface area contributed by atoms with Crippen LogP contribution in [0.3, 0.4) is 0 Å². The lowest BCUT2D eigenvalue weighted by molar-refractivity contribution is -0.129. The number of thiazole rings is 1. The molecule has 0 spiro atoms. The van der Waals surface area contributed by atoms with E-state index in [4.69, 9.17) is 4.74 Å². The number of hydrogen-bond donors (Lipinski definition) is 2. The normalized spacial score (nSPS) is 10.6. The average Bonchev–Trinajstić information content (AvgIpc) is 2.98. The molecule has 2 aromatic rings. The maximum Gasteiger partial charge on any atom is 0.252 e. The van der Waals surface area contributed by atoms with Crippen molar-refractivity contribution in [1.82, 2.24) is 20.7 Å². The van der Waals surface area contributed by atoms with Crippen molar-refractivity contribution in [3.63, 3.8) is 0 Å². The fraction of sp³-hybridized carbons (Fsp3) is 0.389. The van der Waals surface area contributed by atoms with E-state index in [9.17, 15) is 9.59 Å². The second-order valence-corrected chi connectivity index (χ2v) is 7.00. The van der Waals surface area contributed by atoms with Gasteiger partial charge in [0.2, 0.25) is 5.91 Å². The van der Waals surface area contributed by atoms with Gasteiger partial charge in [-0.05, 0) is 38.6 Å². The highest BCUT2D eigenvalue weighted by molar-refractivity contribution is 7.09. The van der Waals surface area contributed by atoms with Crippen LogP contribution in [0.1, 0.15) is 16.3 Å². The van der Waals surface area contributed by atoms with Gasteiger partial charge >= 0.3 is 0 Å². The summed E-state index contributed by atoms with van der Waals surface area (Å²) in [5.74, 6) is 0.234. The van der Waals surface area contributed by atoms with Crippen molar-refractivity contribution in [3.05, 3.63) is 45.9 Å². The number of likely N-dealkylation sites (N-methyl/N-ethyl adjacent to an activating group) is 1. The number of carbonyl (C=O) groups excluding carboxylic acids is 2. The molecule has 0 aliphatic carbocycles. The molecule has 0 aliphatic rings. The number of nitrogens with one attached hydrogen (secondary N) is 2. The Kier molecular flexibility index (Phi) is 7.55. The molecular weight excluding hydrogens is 352 g/mol. The van der Waals surface area contributed by atoms with Crippen molar-refractivity contribution in [3.8, 4) is 5.75 Å². The van der Waals surface area contributed by atoms with E-state index < -0.39 is 0 Å². The van der Waals surface area contributed by atoms with Gasteiger partial charge in [-0.3, -0.25) is 25.3 Å². The van der Waals surface area contributed by atoms with Gasteiger partial charge in [0.05, 0.1) is 13.0 Å². The van der Waals surface area contributed by atoms with Crippen LogP contribution in [0.2, 0.25) is 0 Å². The Bertz CT molecular complexity index is 748. The predicted molar refractivity (Wildman–Crippen MR) is 101 cm³/mol. The third kappa shape index (κ3) is 7.20. The first-order valence-corrected chi connectivity index (χ1v) is 9.17. The molecule has 2 N–H and O–H groups in total. The number of ether oxygens (including phenoxy) is 1. The molecule has 1 aromatic heterocycles. The summed E-state index contributed by atoms with van der Waals surface area (Å²) in [6.45, 7) is 5.11. The van der Waals surface area contributed by atoms with Gasteiger partial charge in [-0.2, -0.15) is 0 Å². The molecule has 26 heavy (non-hydrogen) atoms. The number of nitrogens with zero attached hydrogens (tertiary/aromatic N) is 2. The molecule has 0 saturated heterocycles. The molecule has 1 heterocycles. The minimum Gasteiger partial charge on any atom is -0.492 e. The zero-order valence-corrected chi connectivity index (χ0v) is 16.1. The largest absolute Gasteiger partial charge is 0.492 e. The van der Waals surface area contributed by atoms with E-state index in [1.807, 2.05) is 55.4 Å². The van der Waals surface area contributed by atoms with Gasteiger partial charge in [-0.15, -0.1) is 11.3 Å². The molecule has 7 nitrogen and oxygen atoms in total. The van der Waals surface area contributed by atoms with Crippen LogP contribution in [0.25, 0.3) is 0 Å². The number of aryl methyl sites for hydroxylation is 2. The van der Waals surface area contributed by atoms with Crippen LogP contribution >= 0.6 is 11.3 Å². The Morgan fingerprint density at radius 1 is 1.23 bits per heavy atom. The van der Waals surface area contributed by atoms with Crippen molar-refractivity contribution in [1.29, 1.82) is 0 Å². The minimum atomic E-state index is -0.293. The van der Waals surface area contributed by atoms with Gasteiger partial charge in [0.25, 0.3) is 5.91 Å². The molecule has 0 saturated carbocycles. The first-order valence-electron chi connectivity index (χ1n) is 8.29. The Morgan fingerprint density at radius 2 is 2.00 bits per heavy atom. The molecule has 2 amide bonds. The number of benzene rings is 1. The highest BCUT2D eigenvalue weighted by Gasteiger charge is 2.10. The molecule has 0 unspecified atom stereocenters. The van der Waals surface area contributed by atoms with Crippen molar-refractivity contribution < 1.29 is 14.3 Å². The molecule has 140 valence electrons. The Morgan fingerprint density at radius 3 is 2.69 bits per heavy atom. The van der Waals surface area contributed by atoms with E-state index in [1.165, 1.54) is 11.3 Å². The molecule has 0 bridgehead atoms. The van der Waals surface area contributed by atoms with Crippen LogP contribution in [0.4, 0.5) is 0 Å². The zero-order valence-electron chi connectivity index (χ0n) is 15.2. The van der Waals surface area contributed by atoms with Crippen LogP contribution in [0, 0.1) is 13.8 Å². The Balaban J connectivity index is 1.61. The van der Waals surface area contributed by atoms with Crippen molar-refractivity contribution in [2.75, 3.05) is 26.7 Å². The third-order valence-electron chi connectivity index (χ3n) is 3.46. The number of amides is 2. The van der Waals surface area contributed by atoms with Gasteiger partial charge in [-0.25, -0.2) is 4.98 Å². The van der Waals surface area contributed by atoms with Crippen molar-refractivity contribution >= 4 is 23.2 Å². The lowest BCUT2D eigenvalue weighted by Crippen LogP contribution is -2.46. The number of aromatic nitrogens is 1.